The van der Waals surface area contributed by atoms with E-state index in [1.165, 1.54) is 29.7 Å². The number of nitrogens with one attached hydrogen (secondary N) is 1. The Balaban J connectivity index is 1.40. The molecule has 1 aromatic rings. The Hall–Kier alpha value is -0.510. The Morgan fingerprint density at radius 2 is 2.22 bits per heavy atom. The third kappa shape index (κ3) is 3.08. The summed E-state index contributed by atoms with van der Waals surface area (Å²) in [6.07, 6.45) is 3.77. The number of ether oxygens (including phenoxy) is 1. The van der Waals surface area contributed by atoms with Crippen LogP contribution in [0, 0.1) is 5.92 Å². The second kappa shape index (κ2) is 6.09. The summed E-state index contributed by atoms with van der Waals surface area (Å²) >= 11 is 2.03. The van der Waals surface area contributed by atoms with E-state index in [0.717, 1.165) is 32.2 Å². The van der Waals surface area contributed by atoms with E-state index in [0.29, 0.717) is 5.25 Å². The number of thioether (sulfide) groups is 1. The number of hydrogen-bond acceptors (Lipinski definition) is 3. The average molecular weight is 263 g/mol. The van der Waals surface area contributed by atoms with Crippen LogP contribution in [-0.4, -0.2) is 31.6 Å². The van der Waals surface area contributed by atoms with Crippen molar-refractivity contribution >= 4 is 11.8 Å². The Bertz CT molecular complexity index is 365. The fourth-order valence-corrected chi connectivity index (χ4v) is 4.07. The smallest absolute Gasteiger partial charge is 0.0506 e. The standard InChI is InChI=1S/C15H21NOS/c1-2-6-15-13(5-1)8-14(18-15)10-16-9-12-4-3-7-17-11-12/h1-2,5-6,12,14,16H,3-4,7-11H2. The molecule has 0 spiro atoms. The normalized spacial score (nSPS) is 27.1. The fraction of sp³-hybridized carbons (Fsp3) is 0.600. The number of hydrogen-bond donors (Lipinski definition) is 1. The van der Waals surface area contributed by atoms with E-state index in [-0.39, 0.29) is 0 Å². The minimum Gasteiger partial charge on any atom is -0.381 e. The molecule has 2 atom stereocenters. The zero-order valence-corrected chi connectivity index (χ0v) is 11.5. The molecule has 2 nitrogen and oxygen atoms in total. The quantitative estimate of drug-likeness (QED) is 0.902. The van der Waals surface area contributed by atoms with Gasteiger partial charge in [0.15, 0.2) is 0 Å². The molecule has 0 saturated carbocycles. The molecule has 0 bridgehead atoms. The van der Waals surface area contributed by atoms with Crippen LogP contribution in [0.2, 0.25) is 0 Å². The van der Waals surface area contributed by atoms with Crippen molar-refractivity contribution in [2.24, 2.45) is 5.92 Å². The molecule has 2 aliphatic heterocycles. The van der Waals surface area contributed by atoms with Gasteiger partial charge in [-0.1, -0.05) is 18.2 Å². The summed E-state index contributed by atoms with van der Waals surface area (Å²) < 4.78 is 5.51. The van der Waals surface area contributed by atoms with Gasteiger partial charge in [0.2, 0.25) is 0 Å². The van der Waals surface area contributed by atoms with Crippen molar-refractivity contribution < 1.29 is 4.74 Å². The predicted octanol–water partition coefficient (Wildman–Crippen LogP) is 2.72. The first kappa shape index (κ1) is 12.5. The van der Waals surface area contributed by atoms with E-state index in [4.69, 9.17) is 4.74 Å². The van der Waals surface area contributed by atoms with Crippen LogP contribution in [0.5, 0.6) is 0 Å². The molecule has 2 aliphatic rings. The highest BCUT2D eigenvalue weighted by atomic mass is 32.2. The van der Waals surface area contributed by atoms with Crippen LogP contribution in [0.15, 0.2) is 29.2 Å². The molecule has 0 aliphatic carbocycles. The number of fused-ring (bicyclic) bond motifs is 1. The molecular weight excluding hydrogens is 242 g/mol. The summed E-state index contributed by atoms with van der Waals surface area (Å²) in [5.41, 5.74) is 1.52. The lowest BCUT2D eigenvalue weighted by molar-refractivity contribution is 0.0549. The van der Waals surface area contributed by atoms with E-state index in [9.17, 15) is 0 Å². The van der Waals surface area contributed by atoms with Gasteiger partial charge in [0.25, 0.3) is 0 Å². The second-order valence-electron chi connectivity index (χ2n) is 5.29. The Labute approximate surface area is 113 Å². The molecule has 98 valence electrons. The molecule has 3 heteroatoms. The minimum absolute atomic E-state index is 0.715. The molecule has 1 fully saturated rings. The van der Waals surface area contributed by atoms with Crippen LogP contribution < -0.4 is 5.32 Å². The van der Waals surface area contributed by atoms with Crippen molar-refractivity contribution in [3.8, 4) is 0 Å². The topological polar surface area (TPSA) is 21.3 Å². The molecule has 1 N–H and O–H groups in total. The maximum Gasteiger partial charge on any atom is 0.0506 e. The van der Waals surface area contributed by atoms with E-state index in [2.05, 4.69) is 29.6 Å². The van der Waals surface area contributed by atoms with Crippen molar-refractivity contribution in [1.82, 2.24) is 5.32 Å². The fourth-order valence-electron chi connectivity index (χ4n) is 2.78. The van der Waals surface area contributed by atoms with Gasteiger partial charge in [-0.25, -0.2) is 0 Å². The third-order valence-corrected chi connectivity index (χ3v) is 5.09. The van der Waals surface area contributed by atoms with Gasteiger partial charge in [-0.05, 0) is 36.8 Å². The van der Waals surface area contributed by atoms with Gasteiger partial charge in [0.1, 0.15) is 0 Å². The summed E-state index contributed by atoms with van der Waals surface area (Å²) in [6.45, 7) is 4.15. The second-order valence-corrected chi connectivity index (χ2v) is 6.64. The number of rotatable bonds is 4. The monoisotopic (exact) mass is 263 g/mol. The lowest BCUT2D eigenvalue weighted by atomic mass is 10.0. The zero-order valence-electron chi connectivity index (χ0n) is 10.7. The Morgan fingerprint density at radius 1 is 1.28 bits per heavy atom. The van der Waals surface area contributed by atoms with Gasteiger partial charge in [-0.3, -0.25) is 0 Å². The van der Waals surface area contributed by atoms with Gasteiger partial charge < -0.3 is 10.1 Å². The molecule has 2 heterocycles. The van der Waals surface area contributed by atoms with Gasteiger partial charge in [-0.2, -0.15) is 0 Å². The Morgan fingerprint density at radius 3 is 3.06 bits per heavy atom. The van der Waals surface area contributed by atoms with E-state index in [1.807, 2.05) is 11.8 Å². The SMILES string of the molecule is c1ccc2c(c1)CC(CNCC1CCCOC1)S2. The van der Waals surface area contributed by atoms with E-state index in [1.54, 1.807) is 0 Å². The van der Waals surface area contributed by atoms with Gasteiger partial charge >= 0.3 is 0 Å². The highest BCUT2D eigenvalue weighted by Gasteiger charge is 2.21. The van der Waals surface area contributed by atoms with Gasteiger partial charge in [0, 0.05) is 29.8 Å². The molecule has 0 aromatic heterocycles. The van der Waals surface area contributed by atoms with Gasteiger partial charge in [0.05, 0.1) is 6.61 Å². The van der Waals surface area contributed by atoms with Gasteiger partial charge in [-0.15, -0.1) is 11.8 Å². The van der Waals surface area contributed by atoms with Crippen molar-refractivity contribution in [1.29, 1.82) is 0 Å². The maximum atomic E-state index is 5.51. The Kier molecular flexibility index (Phi) is 4.24. The summed E-state index contributed by atoms with van der Waals surface area (Å²) in [7, 11) is 0. The first-order valence-electron chi connectivity index (χ1n) is 6.95. The van der Waals surface area contributed by atoms with Crippen LogP contribution >= 0.6 is 11.8 Å². The lowest BCUT2D eigenvalue weighted by Crippen LogP contribution is -2.33. The van der Waals surface area contributed by atoms with E-state index < -0.39 is 0 Å². The van der Waals surface area contributed by atoms with Crippen molar-refractivity contribution in [3.05, 3.63) is 29.8 Å². The summed E-state index contributed by atoms with van der Waals surface area (Å²) in [6, 6.07) is 8.79. The molecule has 0 radical (unpaired) electrons. The molecule has 2 unspecified atom stereocenters. The van der Waals surface area contributed by atoms with Crippen LogP contribution in [0.4, 0.5) is 0 Å². The zero-order chi connectivity index (χ0) is 12.2. The lowest BCUT2D eigenvalue weighted by Gasteiger charge is -2.23. The number of benzene rings is 1. The first-order valence-corrected chi connectivity index (χ1v) is 7.83. The van der Waals surface area contributed by atoms with Crippen molar-refractivity contribution in [2.45, 2.75) is 29.4 Å². The molecule has 1 saturated heterocycles. The molecule has 1 aromatic carbocycles. The molecular formula is C15H21NOS. The van der Waals surface area contributed by atoms with Crippen LogP contribution in [0.1, 0.15) is 18.4 Å². The van der Waals surface area contributed by atoms with Crippen LogP contribution in [0.25, 0.3) is 0 Å². The van der Waals surface area contributed by atoms with Crippen LogP contribution in [0.3, 0.4) is 0 Å². The maximum absolute atomic E-state index is 5.51. The third-order valence-electron chi connectivity index (χ3n) is 3.77. The molecule has 18 heavy (non-hydrogen) atoms. The summed E-state index contributed by atoms with van der Waals surface area (Å²) in [5, 5.41) is 4.35. The largest absolute Gasteiger partial charge is 0.381 e. The minimum atomic E-state index is 0.715. The predicted molar refractivity (Wildman–Crippen MR) is 76.2 cm³/mol. The summed E-state index contributed by atoms with van der Waals surface area (Å²) in [4.78, 5) is 1.48. The molecule has 0 amide bonds. The van der Waals surface area contributed by atoms with Crippen molar-refractivity contribution in [3.63, 3.8) is 0 Å². The van der Waals surface area contributed by atoms with Crippen LogP contribution in [-0.2, 0) is 11.2 Å². The summed E-state index contributed by atoms with van der Waals surface area (Å²) in [5.74, 6) is 0.729. The van der Waals surface area contributed by atoms with E-state index >= 15 is 0 Å². The first-order chi connectivity index (χ1) is 8.92. The molecule has 3 rings (SSSR count). The average Bonchev–Trinajstić information content (AvgIpc) is 2.82. The van der Waals surface area contributed by atoms with Crippen molar-refractivity contribution in [2.75, 3.05) is 26.3 Å². The highest BCUT2D eigenvalue weighted by Crippen LogP contribution is 2.36. The highest BCUT2D eigenvalue weighted by molar-refractivity contribution is 8.00.